The summed E-state index contributed by atoms with van der Waals surface area (Å²) in [6.45, 7) is 4.51. The normalized spacial score (nSPS) is 17.3. The smallest absolute Gasteiger partial charge is 0.234 e. The highest BCUT2D eigenvalue weighted by Gasteiger charge is 2.21. The number of aryl methyl sites for hydroxylation is 1. The number of carbonyl (C=O) groups excluding carboxylic acids is 1. The number of hydrogen-bond donors (Lipinski definition) is 2. The maximum atomic E-state index is 12.0. The summed E-state index contributed by atoms with van der Waals surface area (Å²) in [6, 6.07) is 9.93. The first-order valence-corrected chi connectivity index (χ1v) is 8.66. The Labute approximate surface area is 147 Å². The molecular formula is C18H24N6O. The maximum absolute atomic E-state index is 12.0. The largest absolute Gasteiger partial charge is 0.354 e. The number of nitrogens with zero attached hydrogens (tertiary/aromatic N) is 4. The van der Waals surface area contributed by atoms with Gasteiger partial charge in [-0.25, -0.2) is 0 Å². The van der Waals surface area contributed by atoms with Crippen molar-refractivity contribution in [2.75, 3.05) is 24.5 Å². The monoisotopic (exact) mass is 340 g/mol. The number of nitrogens with one attached hydrogen (secondary N) is 2. The lowest BCUT2D eigenvalue weighted by atomic mass is 10.1. The van der Waals surface area contributed by atoms with Gasteiger partial charge >= 0.3 is 0 Å². The molecule has 1 unspecified atom stereocenters. The molecule has 3 heterocycles. The van der Waals surface area contributed by atoms with Crippen molar-refractivity contribution >= 4 is 11.7 Å². The Morgan fingerprint density at radius 1 is 1.28 bits per heavy atom. The molecule has 2 N–H and O–H groups in total. The zero-order chi connectivity index (χ0) is 17.5. The molecule has 1 atom stereocenters. The van der Waals surface area contributed by atoms with Gasteiger partial charge in [0, 0.05) is 25.3 Å². The predicted octanol–water partition coefficient (Wildman–Crippen LogP) is 1.05. The maximum Gasteiger partial charge on any atom is 0.234 e. The Morgan fingerprint density at radius 2 is 2.20 bits per heavy atom. The minimum atomic E-state index is -0.0158. The summed E-state index contributed by atoms with van der Waals surface area (Å²) >= 11 is 0. The van der Waals surface area contributed by atoms with Crippen molar-refractivity contribution in [3.05, 3.63) is 47.9 Å². The van der Waals surface area contributed by atoms with Gasteiger partial charge in [-0.3, -0.25) is 9.78 Å². The number of amides is 1. The zero-order valence-corrected chi connectivity index (χ0v) is 14.5. The minimum absolute atomic E-state index is 0.0158. The summed E-state index contributed by atoms with van der Waals surface area (Å²) in [5.74, 6) is 0.884. The number of aromatic nitrogens is 3. The van der Waals surface area contributed by atoms with Crippen LogP contribution in [0.2, 0.25) is 0 Å². The van der Waals surface area contributed by atoms with Crippen LogP contribution in [0, 0.1) is 6.92 Å². The van der Waals surface area contributed by atoms with E-state index in [-0.39, 0.29) is 11.9 Å². The quantitative estimate of drug-likeness (QED) is 0.818. The molecular weight excluding hydrogens is 316 g/mol. The molecule has 132 valence electrons. The van der Waals surface area contributed by atoms with Gasteiger partial charge in [0.2, 0.25) is 5.91 Å². The third kappa shape index (κ3) is 5.22. The molecule has 7 nitrogen and oxygen atoms in total. The second-order valence-electron chi connectivity index (χ2n) is 6.30. The highest BCUT2D eigenvalue weighted by molar-refractivity contribution is 5.77. The lowest BCUT2D eigenvalue weighted by molar-refractivity contribution is -0.120. The molecule has 1 fully saturated rings. The van der Waals surface area contributed by atoms with Crippen LogP contribution in [0.15, 0.2) is 36.5 Å². The topological polar surface area (TPSA) is 83.0 Å². The molecule has 1 aliphatic heterocycles. The van der Waals surface area contributed by atoms with Gasteiger partial charge in [0.15, 0.2) is 5.82 Å². The molecule has 0 aromatic carbocycles. The van der Waals surface area contributed by atoms with Gasteiger partial charge in [0.25, 0.3) is 0 Å². The van der Waals surface area contributed by atoms with Crippen LogP contribution in [-0.2, 0) is 11.3 Å². The van der Waals surface area contributed by atoms with E-state index in [1.807, 2.05) is 37.3 Å². The third-order valence-corrected chi connectivity index (χ3v) is 4.27. The standard InChI is InChI=1S/C18H24N6O/c1-14-7-8-17(23-22-14)24-10-4-6-16(13-24)20-12-18(25)21-11-15-5-2-3-9-19-15/h2-3,5,7-9,16,20H,4,6,10-13H2,1H3,(H,21,25). The van der Waals surface area contributed by atoms with Crippen LogP contribution in [0.1, 0.15) is 24.2 Å². The number of piperidine rings is 1. The van der Waals surface area contributed by atoms with E-state index in [4.69, 9.17) is 0 Å². The Morgan fingerprint density at radius 3 is 2.96 bits per heavy atom. The van der Waals surface area contributed by atoms with Crippen molar-refractivity contribution < 1.29 is 4.79 Å². The molecule has 0 bridgehead atoms. The second kappa shape index (κ2) is 8.53. The molecule has 7 heteroatoms. The van der Waals surface area contributed by atoms with Gasteiger partial charge in [0.1, 0.15) is 0 Å². The molecule has 1 aliphatic rings. The van der Waals surface area contributed by atoms with Crippen molar-refractivity contribution in [2.45, 2.75) is 32.4 Å². The van der Waals surface area contributed by atoms with Crippen LogP contribution < -0.4 is 15.5 Å². The minimum Gasteiger partial charge on any atom is -0.354 e. The van der Waals surface area contributed by atoms with Crippen molar-refractivity contribution in [3.8, 4) is 0 Å². The molecule has 3 rings (SSSR count). The van der Waals surface area contributed by atoms with Crippen molar-refractivity contribution in [1.29, 1.82) is 0 Å². The van der Waals surface area contributed by atoms with Crippen molar-refractivity contribution in [2.24, 2.45) is 0 Å². The summed E-state index contributed by atoms with van der Waals surface area (Å²) in [5.41, 5.74) is 1.78. The summed E-state index contributed by atoms with van der Waals surface area (Å²) in [6.07, 6.45) is 3.86. The predicted molar refractivity (Wildman–Crippen MR) is 96.1 cm³/mol. The number of rotatable bonds is 6. The Kier molecular flexibility index (Phi) is 5.90. The van der Waals surface area contributed by atoms with Crippen molar-refractivity contribution in [3.63, 3.8) is 0 Å². The molecule has 0 aliphatic carbocycles. The van der Waals surface area contributed by atoms with E-state index < -0.39 is 0 Å². The van der Waals surface area contributed by atoms with Gasteiger partial charge in [-0.05, 0) is 44.0 Å². The molecule has 1 saturated heterocycles. The molecule has 0 saturated carbocycles. The van der Waals surface area contributed by atoms with Gasteiger partial charge in [-0.2, -0.15) is 5.10 Å². The third-order valence-electron chi connectivity index (χ3n) is 4.27. The Hall–Kier alpha value is -2.54. The Balaban J connectivity index is 1.43. The van der Waals surface area contributed by atoms with E-state index in [0.29, 0.717) is 13.1 Å². The Bertz CT molecular complexity index is 676. The summed E-state index contributed by atoms with van der Waals surface area (Å²) in [4.78, 5) is 18.4. The summed E-state index contributed by atoms with van der Waals surface area (Å²) in [5, 5.41) is 14.6. The van der Waals surface area contributed by atoms with E-state index in [1.54, 1.807) is 6.20 Å². The van der Waals surface area contributed by atoms with Crippen molar-refractivity contribution in [1.82, 2.24) is 25.8 Å². The van der Waals surface area contributed by atoms with E-state index in [0.717, 1.165) is 43.1 Å². The fourth-order valence-corrected chi connectivity index (χ4v) is 2.90. The number of anilines is 1. The van der Waals surface area contributed by atoms with Gasteiger partial charge in [0.05, 0.1) is 24.5 Å². The number of carbonyl (C=O) groups is 1. The van der Waals surface area contributed by atoms with E-state index in [1.165, 1.54) is 0 Å². The van der Waals surface area contributed by atoms with E-state index in [2.05, 4.69) is 30.7 Å². The highest BCUT2D eigenvalue weighted by atomic mass is 16.1. The molecule has 2 aromatic rings. The lowest BCUT2D eigenvalue weighted by Gasteiger charge is -2.33. The fraction of sp³-hybridized carbons (Fsp3) is 0.444. The second-order valence-corrected chi connectivity index (χ2v) is 6.30. The average molecular weight is 340 g/mol. The number of hydrogen-bond acceptors (Lipinski definition) is 6. The van der Waals surface area contributed by atoms with Crippen LogP contribution in [0.3, 0.4) is 0 Å². The molecule has 0 spiro atoms. The first-order valence-electron chi connectivity index (χ1n) is 8.66. The molecule has 2 aromatic heterocycles. The van der Waals surface area contributed by atoms with E-state index in [9.17, 15) is 4.79 Å². The van der Waals surface area contributed by atoms with Crippen LogP contribution >= 0.6 is 0 Å². The first kappa shape index (κ1) is 17.3. The van der Waals surface area contributed by atoms with Gasteiger partial charge in [-0.15, -0.1) is 5.10 Å². The van der Waals surface area contributed by atoms with Crippen LogP contribution in [0.25, 0.3) is 0 Å². The molecule has 0 radical (unpaired) electrons. The lowest BCUT2D eigenvalue weighted by Crippen LogP contribution is -2.48. The van der Waals surface area contributed by atoms with Gasteiger partial charge in [-0.1, -0.05) is 6.07 Å². The fourth-order valence-electron chi connectivity index (χ4n) is 2.90. The average Bonchev–Trinajstić information content (AvgIpc) is 2.66. The first-order chi connectivity index (χ1) is 12.2. The summed E-state index contributed by atoms with van der Waals surface area (Å²) < 4.78 is 0. The zero-order valence-electron chi connectivity index (χ0n) is 14.5. The van der Waals surface area contributed by atoms with E-state index >= 15 is 0 Å². The number of pyridine rings is 1. The van der Waals surface area contributed by atoms with Crippen LogP contribution in [0.5, 0.6) is 0 Å². The molecule has 1 amide bonds. The molecule has 25 heavy (non-hydrogen) atoms. The highest BCUT2D eigenvalue weighted by Crippen LogP contribution is 2.17. The van der Waals surface area contributed by atoms with Crippen LogP contribution in [0.4, 0.5) is 5.82 Å². The summed E-state index contributed by atoms with van der Waals surface area (Å²) in [7, 11) is 0. The van der Waals surface area contributed by atoms with Crippen LogP contribution in [-0.4, -0.2) is 46.8 Å². The SMILES string of the molecule is Cc1ccc(N2CCCC(NCC(=O)NCc3ccccn3)C2)nn1. The van der Waals surface area contributed by atoms with Gasteiger partial charge < -0.3 is 15.5 Å².